The molecule has 20 heavy (non-hydrogen) atoms. The van der Waals surface area contributed by atoms with Crippen LogP contribution in [0.4, 0.5) is 13.2 Å². The lowest BCUT2D eigenvalue weighted by atomic mass is 10.0. The Hall–Kier alpha value is -1.56. The van der Waals surface area contributed by atoms with Crippen molar-refractivity contribution in [3.8, 4) is 5.69 Å². The van der Waals surface area contributed by atoms with Gasteiger partial charge in [0.2, 0.25) is 5.82 Å². The molecule has 0 atom stereocenters. The maximum atomic E-state index is 12.9. The first kappa shape index (κ1) is 14.8. The summed E-state index contributed by atoms with van der Waals surface area (Å²) in [6.45, 7) is 4.03. The Morgan fingerprint density at radius 3 is 2.20 bits per heavy atom. The maximum absolute atomic E-state index is 12.9. The summed E-state index contributed by atoms with van der Waals surface area (Å²) >= 11 is 5.64. The van der Waals surface area contributed by atoms with Crippen molar-refractivity contribution in [2.75, 3.05) is 0 Å². The fourth-order valence-electron chi connectivity index (χ4n) is 1.87. The van der Waals surface area contributed by atoms with Crippen LogP contribution in [0.25, 0.3) is 5.69 Å². The summed E-state index contributed by atoms with van der Waals surface area (Å²) in [4.78, 5) is 0. The van der Waals surface area contributed by atoms with Crippen molar-refractivity contribution in [1.82, 2.24) is 14.8 Å². The van der Waals surface area contributed by atoms with E-state index in [-0.39, 0.29) is 11.7 Å². The zero-order valence-electron chi connectivity index (χ0n) is 10.9. The second-order valence-corrected chi connectivity index (χ2v) is 4.92. The third-order valence-electron chi connectivity index (χ3n) is 2.92. The van der Waals surface area contributed by atoms with Gasteiger partial charge in [0, 0.05) is 5.69 Å². The highest BCUT2D eigenvalue weighted by Gasteiger charge is 2.38. The Morgan fingerprint density at radius 2 is 1.75 bits per heavy atom. The van der Waals surface area contributed by atoms with Crippen LogP contribution < -0.4 is 0 Å². The quantitative estimate of drug-likeness (QED) is 0.798. The van der Waals surface area contributed by atoms with Gasteiger partial charge in [-0.3, -0.25) is 4.57 Å². The molecule has 0 fully saturated rings. The average molecular weight is 304 g/mol. The van der Waals surface area contributed by atoms with Crippen LogP contribution in [0.15, 0.2) is 24.3 Å². The van der Waals surface area contributed by atoms with Crippen LogP contribution in [-0.2, 0) is 12.1 Å². The molecule has 7 heteroatoms. The van der Waals surface area contributed by atoms with Crippen LogP contribution in [0, 0.1) is 0 Å². The summed E-state index contributed by atoms with van der Waals surface area (Å²) in [6, 6.07) is 6.81. The summed E-state index contributed by atoms with van der Waals surface area (Å²) in [5.41, 5.74) is 1.39. The Labute approximate surface area is 119 Å². The molecule has 0 aliphatic heterocycles. The predicted octanol–water partition coefficient (Wildman–Crippen LogP) is 4.15. The van der Waals surface area contributed by atoms with E-state index < -0.39 is 12.0 Å². The molecule has 3 nitrogen and oxygen atoms in total. The van der Waals surface area contributed by atoms with Gasteiger partial charge in [0.15, 0.2) is 5.82 Å². The van der Waals surface area contributed by atoms with Crippen molar-refractivity contribution in [2.24, 2.45) is 0 Å². The van der Waals surface area contributed by atoms with Crippen molar-refractivity contribution in [3.63, 3.8) is 0 Å². The minimum absolute atomic E-state index is 0.0660. The van der Waals surface area contributed by atoms with Gasteiger partial charge in [-0.2, -0.15) is 13.2 Å². The smallest absolute Gasteiger partial charge is 0.274 e. The number of nitrogens with zero attached hydrogens (tertiary/aromatic N) is 3. The molecule has 1 heterocycles. The van der Waals surface area contributed by atoms with Gasteiger partial charge in [0.1, 0.15) is 0 Å². The molecule has 0 spiro atoms. The lowest BCUT2D eigenvalue weighted by molar-refractivity contribution is -0.146. The van der Waals surface area contributed by atoms with Gasteiger partial charge in [-0.05, 0) is 23.6 Å². The highest BCUT2D eigenvalue weighted by atomic mass is 35.5. The van der Waals surface area contributed by atoms with Gasteiger partial charge < -0.3 is 0 Å². The molecule has 0 unspecified atom stereocenters. The molecule has 0 N–H and O–H groups in total. The minimum atomic E-state index is -4.58. The third kappa shape index (κ3) is 2.80. The Balaban J connectivity index is 2.53. The summed E-state index contributed by atoms with van der Waals surface area (Å²) in [7, 11) is 0. The van der Waals surface area contributed by atoms with E-state index in [1.807, 2.05) is 13.8 Å². The minimum Gasteiger partial charge on any atom is -0.274 e. The van der Waals surface area contributed by atoms with Crippen molar-refractivity contribution < 1.29 is 13.2 Å². The third-order valence-corrected chi connectivity index (χ3v) is 3.16. The molecule has 1 aromatic carbocycles. The zero-order chi connectivity index (χ0) is 14.9. The topological polar surface area (TPSA) is 30.7 Å². The molecule has 1 aromatic heterocycles. The fraction of sp³-hybridized carbons (Fsp3) is 0.385. The number of benzene rings is 1. The molecule has 2 rings (SSSR count). The number of halogens is 4. The molecule has 2 aromatic rings. The first-order valence-electron chi connectivity index (χ1n) is 6.02. The predicted molar refractivity (Wildman–Crippen MR) is 70.0 cm³/mol. The number of rotatable bonds is 3. The summed E-state index contributed by atoms with van der Waals surface area (Å²) in [6.07, 6.45) is -4.58. The Bertz CT molecular complexity index is 588. The number of aromatic nitrogens is 3. The Kier molecular flexibility index (Phi) is 4.04. The highest BCUT2D eigenvalue weighted by Crippen LogP contribution is 2.31. The van der Waals surface area contributed by atoms with Gasteiger partial charge in [-0.15, -0.1) is 21.8 Å². The SMILES string of the molecule is CC(C)c1ccc(-n2c(CCl)nnc2C(F)(F)F)cc1. The van der Waals surface area contributed by atoms with E-state index in [4.69, 9.17) is 11.6 Å². The average Bonchev–Trinajstić information content (AvgIpc) is 2.82. The molecule has 0 saturated heterocycles. The van der Waals surface area contributed by atoms with E-state index in [9.17, 15) is 13.2 Å². The van der Waals surface area contributed by atoms with E-state index >= 15 is 0 Å². The first-order valence-corrected chi connectivity index (χ1v) is 6.56. The standard InChI is InChI=1S/C13H13ClF3N3/c1-8(2)9-3-5-10(6-4-9)20-11(7-14)18-19-12(20)13(15,16)17/h3-6,8H,7H2,1-2H3. The number of hydrogen-bond donors (Lipinski definition) is 0. The molecule has 0 aliphatic rings. The molecule has 0 aliphatic carbocycles. The van der Waals surface area contributed by atoms with Crippen LogP contribution in [-0.4, -0.2) is 14.8 Å². The second-order valence-electron chi connectivity index (χ2n) is 4.65. The van der Waals surface area contributed by atoms with Crippen molar-refractivity contribution >= 4 is 11.6 Å². The second kappa shape index (κ2) is 5.44. The molecular weight excluding hydrogens is 291 g/mol. The monoisotopic (exact) mass is 303 g/mol. The van der Waals surface area contributed by atoms with E-state index in [2.05, 4.69) is 10.2 Å². The molecule has 0 radical (unpaired) electrons. The summed E-state index contributed by atoms with van der Waals surface area (Å²) < 4.78 is 39.7. The Morgan fingerprint density at radius 1 is 1.15 bits per heavy atom. The van der Waals surface area contributed by atoms with Crippen LogP contribution in [0.1, 0.15) is 37.0 Å². The van der Waals surface area contributed by atoms with E-state index in [1.54, 1.807) is 24.3 Å². The molecule has 108 valence electrons. The van der Waals surface area contributed by atoms with Crippen molar-refractivity contribution in [2.45, 2.75) is 31.8 Å². The summed E-state index contributed by atoms with van der Waals surface area (Å²) in [5.74, 6) is -0.837. The summed E-state index contributed by atoms with van der Waals surface area (Å²) in [5, 5.41) is 6.69. The zero-order valence-corrected chi connectivity index (χ0v) is 11.7. The van der Waals surface area contributed by atoms with Crippen LogP contribution in [0.3, 0.4) is 0 Å². The van der Waals surface area contributed by atoms with Crippen LogP contribution in [0.5, 0.6) is 0 Å². The molecule has 0 amide bonds. The van der Waals surface area contributed by atoms with Crippen molar-refractivity contribution in [1.29, 1.82) is 0 Å². The van der Waals surface area contributed by atoms with E-state index in [1.165, 1.54) is 0 Å². The van der Waals surface area contributed by atoms with Gasteiger partial charge >= 0.3 is 6.18 Å². The van der Waals surface area contributed by atoms with Gasteiger partial charge in [-0.25, -0.2) is 0 Å². The number of hydrogen-bond acceptors (Lipinski definition) is 2. The van der Waals surface area contributed by atoms with Gasteiger partial charge in [-0.1, -0.05) is 26.0 Å². The molecule has 0 bridgehead atoms. The number of alkyl halides is 4. The maximum Gasteiger partial charge on any atom is 0.452 e. The molecular formula is C13H13ClF3N3. The van der Waals surface area contributed by atoms with Gasteiger partial charge in [0.25, 0.3) is 0 Å². The lowest BCUT2D eigenvalue weighted by Gasteiger charge is -2.12. The fourth-order valence-corrected chi connectivity index (χ4v) is 2.04. The largest absolute Gasteiger partial charge is 0.452 e. The van der Waals surface area contributed by atoms with Crippen LogP contribution in [0.2, 0.25) is 0 Å². The van der Waals surface area contributed by atoms with E-state index in [0.29, 0.717) is 11.6 Å². The van der Waals surface area contributed by atoms with Crippen molar-refractivity contribution in [3.05, 3.63) is 41.5 Å². The van der Waals surface area contributed by atoms with Crippen LogP contribution >= 0.6 is 11.6 Å². The normalized spacial score (nSPS) is 12.2. The highest BCUT2D eigenvalue weighted by molar-refractivity contribution is 6.16. The van der Waals surface area contributed by atoms with E-state index in [0.717, 1.165) is 10.1 Å². The first-order chi connectivity index (χ1) is 9.34. The van der Waals surface area contributed by atoms with Gasteiger partial charge in [0.05, 0.1) is 5.88 Å². The lowest BCUT2D eigenvalue weighted by Crippen LogP contribution is -2.15. The molecule has 0 saturated carbocycles.